The first kappa shape index (κ1) is 15.0. The van der Waals surface area contributed by atoms with E-state index in [2.05, 4.69) is 30.0 Å². The minimum Gasteiger partial charge on any atom is -0.493 e. The van der Waals surface area contributed by atoms with E-state index in [1.165, 1.54) is 12.8 Å². The number of para-hydroxylation sites is 1. The highest BCUT2D eigenvalue weighted by atomic mass is 32.2. The average molecular weight is 265 g/mol. The molecule has 0 fully saturated rings. The fourth-order valence-corrected chi connectivity index (χ4v) is 2.20. The second kappa shape index (κ2) is 8.92. The standard InChI is InChI=1S/C15H23NOS/c1-4-5-8-11-17-15-10-7-6-9-13(15)14(16-2)12-18-3/h6-7,9-10,12,16H,4-5,8,11H2,1-3H3/b14-12+. The summed E-state index contributed by atoms with van der Waals surface area (Å²) in [5, 5.41) is 5.33. The van der Waals surface area contributed by atoms with Gasteiger partial charge in [0.25, 0.3) is 0 Å². The van der Waals surface area contributed by atoms with Crippen molar-refractivity contribution >= 4 is 17.5 Å². The molecule has 100 valence electrons. The first-order chi connectivity index (χ1) is 8.83. The third-order valence-corrected chi connectivity index (χ3v) is 3.16. The minimum absolute atomic E-state index is 0.793. The van der Waals surface area contributed by atoms with Gasteiger partial charge in [-0.3, -0.25) is 0 Å². The quantitative estimate of drug-likeness (QED) is 0.714. The second-order valence-electron chi connectivity index (χ2n) is 4.07. The Labute approximate surface area is 115 Å². The van der Waals surface area contributed by atoms with E-state index in [0.29, 0.717) is 0 Å². The molecule has 1 rings (SSSR count). The van der Waals surface area contributed by atoms with Crippen molar-refractivity contribution in [3.63, 3.8) is 0 Å². The van der Waals surface area contributed by atoms with Crippen LogP contribution in [0.15, 0.2) is 29.7 Å². The van der Waals surface area contributed by atoms with Crippen molar-refractivity contribution in [1.29, 1.82) is 0 Å². The molecule has 0 unspecified atom stereocenters. The zero-order chi connectivity index (χ0) is 13.2. The van der Waals surface area contributed by atoms with Crippen LogP contribution in [-0.4, -0.2) is 19.9 Å². The highest BCUT2D eigenvalue weighted by molar-refractivity contribution is 8.01. The molecule has 3 heteroatoms. The normalized spacial score (nSPS) is 11.4. The first-order valence-electron chi connectivity index (χ1n) is 6.46. The number of hydrogen-bond acceptors (Lipinski definition) is 3. The molecule has 1 N–H and O–H groups in total. The molecular weight excluding hydrogens is 242 g/mol. The fourth-order valence-electron chi connectivity index (χ4n) is 1.72. The summed E-state index contributed by atoms with van der Waals surface area (Å²) < 4.78 is 5.88. The van der Waals surface area contributed by atoms with Gasteiger partial charge in [0, 0.05) is 12.6 Å². The molecule has 0 aliphatic heterocycles. The van der Waals surface area contributed by atoms with Gasteiger partial charge in [-0.1, -0.05) is 31.9 Å². The summed E-state index contributed by atoms with van der Waals surface area (Å²) in [5.74, 6) is 0.961. The number of thioether (sulfide) groups is 1. The molecule has 0 saturated carbocycles. The molecule has 0 saturated heterocycles. The van der Waals surface area contributed by atoms with Crippen molar-refractivity contribution in [2.24, 2.45) is 0 Å². The smallest absolute Gasteiger partial charge is 0.128 e. The van der Waals surface area contributed by atoms with Crippen LogP contribution in [0.3, 0.4) is 0 Å². The number of hydrogen-bond donors (Lipinski definition) is 1. The summed E-state index contributed by atoms with van der Waals surface area (Å²) in [7, 11) is 1.94. The number of ether oxygens (including phenoxy) is 1. The molecule has 0 heterocycles. The van der Waals surface area contributed by atoms with Crippen LogP contribution in [-0.2, 0) is 0 Å². The van der Waals surface area contributed by atoms with E-state index < -0.39 is 0 Å². The summed E-state index contributed by atoms with van der Waals surface area (Å²) in [4.78, 5) is 0. The average Bonchev–Trinajstić information content (AvgIpc) is 2.42. The van der Waals surface area contributed by atoms with Crippen molar-refractivity contribution in [2.75, 3.05) is 19.9 Å². The molecule has 0 radical (unpaired) electrons. The topological polar surface area (TPSA) is 21.3 Å². The van der Waals surface area contributed by atoms with Crippen LogP contribution in [0.1, 0.15) is 31.7 Å². The van der Waals surface area contributed by atoms with E-state index in [1.54, 1.807) is 11.8 Å². The Morgan fingerprint density at radius 2 is 2.11 bits per heavy atom. The van der Waals surface area contributed by atoms with E-state index >= 15 is 0 Å². The number of rotatable bonds is 8. The SMILES string of the molecule is CCCCCOc1ccccc1/C(=C\SC)NC. The van der Waals surface area contributed by atoms with E-state index in [4.69, 9.17) is 4.74 Å². The van der Waals surface area contributed by atoms with Crippen LogP contribution in [0.5, 0.6) is 5.75 Å². The first-order valence-corrected chi connectivity index (χ1v) is 7.75. The summed E-state index contributed by atoms with van der Waals surface area (Å²) in [6.07, 6.45) is 5.62. The number of benzene rings is 1. The third-order valence-electron chi connectivity index (χ3n) is 2.69. The third kappa shape index (κ3) is 4.65. The van der Waals surface area contributed by atoms with Gasteiger partial charge >= 0.3 is 0 Å². The molecule has 1 aromatic carbocycles. The van der Waals surface area contributed by atoms with Gasteiger partial charge in [0.1, 0.15) is 5.75 Å². The fraction of sp³-hybridized carbons (Fsp3) is 0.467. The molecule has 0 atom stereocenters. The molecular formula is C15H23NOS. The molecule has 2 nitrogen and oxygen atoms in total. The molecule has 0 aliphatic carbocycles. The van der Waals surface area contributed by atoms with Gasteiger partial charge in [-0.15, -0.1) is 11.8 Å². The van der Waals surface area contributed by atoms with Gasteiger partial charge in [-0.25, -0.2) is 0 Å². The molecule has 0 spiro atoms. The highest BCUT2D eigenvalue weighted by Crippen LogP contribution is 2.25. The Kier molecular flexibility index (Phi) is 7.42. The lowest BCUT2D eigenvalue weighted by Gasteiger charge is -2.13. The van der Waals surface area contributed by atoms with Crippen LogP contribution in [0.2, 0.25) is 0 Å². The maximum Gasteiger partial charge on any atom is 0.128 e. The Bertz CT molecular complexity index is 377. The Hall–Kier alpha value is -1.09. The second-order valence-corrected chi connectivity index (χ2v) is 4.78. The summed E-state index contributed by atoms with van der Waals surface area (Å²) >= 11 is 1.69. The van der Waals surface area contributed by atoms with Gasteiger partial charge in [-0.05, 0) is 30.2 Å². The van der Waals surface area contributed by atoms with E-state index in [1.807, 2.05) is 25.2 Å². The van der Waals surface area contributed by atoms with Gasteiger partial charge in [-0.2, -0.15) is 0 Å². The highest BCUT2D eigenvalue weighted by Gasteiger charge is 2.06. The van der Waals surface area contributed by atoms with Crippen molar-refractivity contribution in [2.45, 2.75) is 26.2 Å². The van der Waals surface area contributed by atoms with E-state index in [-0.39, 0.29) is 0 Å². The molecule has 0 aromatic heterocycles. The van der Waals surface area contributed by atoms with Crippen LogP contribution in [0.4, 0.5) is 0 Å². The summed E-state index contributed by atoms with van der Waals surface area (Å²) in [6.45, 7) is 3.00. The zero-order valence-corrected chi connectivity index (χ0v) is 12.3. The van der Waals surface area contributed by atoms with E-state index in [0.717, 1.165) is 30.0 Å². The summed E-state index contributed by atoms with van der Waals surface area (Å²) in [6, 6.07) is 8.19. The molecule has 1 aromatic rings. The lowest BCUT2D eigenvalue weighted by Crippen LogP contribution is -2.07. The number of nitrogens with one attached hydrogen (secondary N) is 1. The molecule has 0 bridgehead atoms. The van der Waals surface area contributed by atoms with Gasteiger partial charge in [0.2, 0.25) is 0 Å². The Balaban J connectivity index is 2.75. The maximum atomic E-state index is 5.88. The van der Waals surface area contributed by atoms with Crippen LogP contribution < -0.4 is 10.1 Å². The predicted octanol–water partition coefficient (Wildman–Crippen LogP) is 4.14. The lowest BCUT2D eigenvalue weighted by molar-refractivity contribution is 0.305. The minimum atomic E-state index is 0.793. The van der Waals surface area contributed by atoms with E-state index in [9.17, 15) is 0 Å². The largest absolute Gasteiger partial charge is 0.493 e. The monoisotopic (exact) mass is 265 g/mol. The molecule has 0 aliphatic rings. The van der Waals surface area contributed by atoms with Crippen molar-refractivity contribution in [1.82, 2.24) is 5.32 Å². The van der Waals surface area contributed by atoms with Crippen LogP contribution in [0, 0.1) is 0 Å². The van der Waals surface area contributed by atoms with Gasteiger partial charge in [0.05, 0.1) is 12.3 Å². The predicted molar refractivity (Wildman–Crippen MR) is 82.0 cm³/mol. The zero-order valence-electron chi connectivity index (χ0n) is 11.5. The summed E-state index contributed by atoms with van der Waals surface area (Å²) in [5.41, 5.74) is 2.24. The lowest BCUT2D eigenvalue weighted by atomic mass is 10.1. The maximum absolute atomic E-state index is 5.88. The van der Waals surface area contributed by atoms with Crippen molar-refractivity contribution in [3.8, 4) is 5.75 Å². The Morgan fingerprint density at radius 1 is 1.33 bits per heavy atom. The van der Waals surface area contributed by atoms with Gasteiger partial charge in [0.15, 0.2) is 0 Å². The number of unbranched alkanes of at least 4 members (excludes halogenated alkanes) is 2. The Morgan fingerprint density at radius 3 is 2.78 bits per heavy atom. The van der Waals surface area contributed by atoms with Crippen molar-refractivity contribution < 1.29 is 4.74 Å². The molecule has 18 heavy (non-hydrogen) atoms. The van der Waals surface area contributed by atoms with Crippen LogP contribution >= 0.6 is 11.8 Å². The molecule has 0 amide bonds. The van der Waals surface area contributed by atoms with Crippen LogP contribution in [0.25, 0.3) is 5.70 Å². The van der Waals surface area contributed by atoms with Crippen molar-refractivity contribution in [3.05, 3.63) is 35.2 Å². The van der Waals surface area contributed by atoms with Gasteiger partial charge < -0.3 is 10.1 Å².